The quantitative estimate of drug-likeness (QED) is 0.704. The van der Waals surface area contributed by atoms with Crippen LogP contribution in [0.3, 0.4) is 0 Å². The Kier molecular flexibility index (Phi) is 6.49. The summed E-state index contributed by atoms with van der Waals surface area (Å²) >= 11 is 0. The molecule has 1 spiro atoms. The summed E-state index contributed by atoms with van der Waals surface area (Å²) in [5, 5.41) is 2.93. The smallest absolute Gasteiger partial charge is 0.325 e. The number of nitrogens with one attached hydrogen (secondary N) is 1. The summed E-state index contributed by atoms with van der Waals surface area (Å²) in [6, 6.07) is -0.628. The van der Waals surface area contributed by atoms with Crippen molar-refractivity contribution in [2.45, 2.75) is 77.3 Å². The minimum Gasteiger partial charge on any atom is -0.343 e. The van der Waals surface area contributed by atoms with Crippen molar-refractivity contribution in [3.63, 3.8) is 0 Å². The van der Waals surface area contributed by atoms with Gasteiger partial charge < -0.3 is 15.1 Å². The maximum atomic E-state index is 13.3. The maximum absolute atomic E-state index is 13.3. The topological polar surface area (TPSA) is 90.0 Å². The molecule has 0 saturated carbocycles. The van der Waals surface area contributed by atoms with Crippen molar-refractivity contribution in [2.24, 2.45) is 5.92 Å². The van der Waals surface area contributed by atoms with E-state index in [0.29, 0.717) is 45.4 Å². The molecule has 1 atom stereocenters. The molecule has 3 saturated heterocycles. The Labute approximate surface area is 172 Å². The zero-order valence-corrected chi connectivity index (χ0v) is 17.9. The molecule has 29 heavy (non-hydrogen) atoms. The van der Waals surface area contributed by atoms with Crippen molar-refractivity contribution in [1.29, 1.82) is 0 Å². The lowest BCUT2D eigenvalue weighted by atomic mass is 9.87. The Bertz CT molecular complexity index is 668. The number of carbonyl (C=O) groups excluding carboxylic acids is 4. The zero-order valence-electron chi connectivity index (χ0n) is 17.9. The summed E-state index contributed by atoms with van der Waals surface area (Å²) in [4.78, 5) is 55.8. The van der Waals surface area contributed by atoms with Gasteiger partial charge in [-0.25, -0.2) is 4.79 Å². The van der Waals surface area contributed by atoms with E-state index in [1.54, 1.807) is 4.90 Å². The first-order valence-electron chi connectivity index (χ1n) is 11.1. The molecule has 0 aromatic heterocycles. The average molecular weight is 407 g/mol. The van der Waals surface area contributed by atoms with E-state index in [1.165, 1.54) is 4.90 Å². The number of rotatable bonds is 5. The van der Waals surface area contributed by atoms with Gasteiger partial charge in [0.05, 0.1) is 6.04 Å². The van der Waals surface area contributed by atoms with Crippen molar-refractivity contribution in [3.05, 3.63) is 0 Å². The lowest BCUT2D eigenvalue weighted by Gasteiger charge is -2.39. The van der Waals surface area contributed by atoms with Gasteiger partial charge in [0.2, 0.25) is 11.8 Å². The Balaban J connectivity index is 1.68. The van der Waals surface area contributed by atoms with Gasteiger partial charge >= 0.3 is 6.03 Å². The molecule has 3 aliphatic rings. The second kappa shape index (κ2) is 8.71. The van der Waals surface area contributed by atoms with E-state index in [2.05, 4.69) is 5.32 Å². The van der Waals surface area contributed by atoms with Gasteiger partial charge in [-0.05, 0) is 38.5 Å². The summed E-state index contributed by atoms with van der Waals surface area (Å²) in [5.74, 6) is 0.0285. The molecule has 0 aromatic rings. The number of carbonyl (C=O) groups is 4. The monoisotopic (exact) mass is 406 g/mol. The molecule has 8 nitrogen and oxygen atoms in total. The molecule has 3 fully saturated rings. The third kappa shape index (κ3) is 3.98. The van der Waals surface area contributed by atoms with Gasteiger partial charge in [-0.1, -0.05) is 20.8 Å². The molecule has 8 heteroatoms. The number of likely N-dealkylation sites (tertiary alicyclic amines) is 2. The highest BCUT2D eigenvalue weighted by atomic mass is 16.2. The Morgan fingerprint density at radius 1 is 1.07 bits per heavy atom. The first-order chi connectivity index (χ1) is 13.9. The van der Waals surface area contributed by atoms with Gasteiger partial charge in [-0.2, -0.15) is 0 Å². The second-order valence-electron chi connectivity index (χ2n) is 8.52. The number of hydrogen-bond acceptors (Lipinski definition) is 4. The third-order valence-electron chi connectivity index (χ3n) is 6.87. The first-order valence-corrected chi connectivity index (χ1v) is 11.1. The van der Waals surface area contributed by atoms with E-state index in [1.807, 2.05) is 25.7 Å². The molecule has 162 valence electrons. The molecule has 0 radical (unpaired) electrons. The van der Waals surface area contributed by atoms with Crippen LogP contribution in [0.5, 0.6) is 0 Å². The number of piperidine rings is 2. The lowest BCUT2D eigenvalue weighted by molar-refractivity contribution is -0.142. The second-order valence-corrected chi connectivity index (χ2v) is 8.52. The third-order valence-corrected chi connectivity index (χ3v) is 6.87. The predicted octanol–water partition coefficient (Wildman–Crippen LogP) is 1.74. The van der Waals surface area contributed by atoms with Gasteiger partial charge in [-0.15, -0.1) is 0 Å². The van der Waals surface area contributed by atoms with Crippen LogP contribution in [0.15, 0.2) is 0 Å². The largest absolute Gasteiger partial charge is 0.343 e. The van der Waals surface area contributed by atoms with E-state index in [0.717, 1.165) is 25.7 Å². The van der Waals surface area contributed by atoms with E-state index >= 15 is 0 Å². The highest BCUT2D eigenvalue weighted by Crippen LogP contribution is 2.33. The fourth-order valence-corrected chi connectivity index (χ4v) is 4.93. The van der Waals surface area contributed by atoms with E-state index < -0.39 is 5.54 Å². The van der Waals surface area contributed by atoms with Crippen LogP contribution >= 0.6 is 0 Å². The normalized spacial score (nSPS) is 24.4. The van der Waals surface area contributed by atoms with Gasteiger partial charge in [0.25, 0.3) is 5.91 Å². The summed E-state index contributed by atoms with van der Waals surface area (Å²) in [5.41, 5.74) is -0.900. The van der Waals surface area contributed by atoms with Gasteiger partial charge in [0.15, 0.2) is 0 Å². The Morgan fingerprint density at radius 3 is 2.31 bits per heavy atom. The van der Waals surface area contributed by atoms with E-state index in [4.69, 9.17) is 0 Å². The average Bonchev–Trinajstić information content (AvgIpc) is 2.98. The van der Waals surface area contributed by atoms with Crippen molar-refractivity contribution >= 4 is 23.8 Å². The van der Waals surface area contributed by atoms with Crippen LogP contribution in [0.4, 0.5) is 4.79 Å². The van der Waals surface area contributed by atoms with Crippen molar-refractivity contribution < 1.29 is 19.2 Å². The first kappa shape index (κ1) is 21.6. The van der Waals surface area contributed by atoms with E-state index in [-0.39, 0.29) is 35.7 Å². The molecule has 3 heterocycles. The highest BCUT2D eigenvalue weighted by molar-refractivity contribution is 6.07. The van der Waals surface area contributed by atoms with Crippen LogP contribution in [-0.2, 0) is 14.4 Å². The number of urea groups is 1. The van der Waals surface area contributed by atoms with Crippen LogP contribution in [0.25, 0.3) is 0 Å². The molecule has 0 aliphatic carbocycles. The highest BCUT2D eigenvalue weighted by Gasteiger charge is 2.54. The summed E-state index contributed by atoms with van der Waals surface area (Å²) in [6.45, 7) is 7.94. The Hall–Kier alpha value is -2.12. The molecule has 3 aliphatic heterocycles. The molecule has 0 aromatic carbocycles. The Morgan fingerprint density at radius 2 is 1.72 bits per heavy atom. The molecule has 0 unspecified atom stereocenters. The molecular weight excluding hydrogens is 372 g/mol. The van der Waals surface area contributed by atoms with E-state index in [9.17, 15) is 19.2 Å². The standard InChI is InChI=1S/C21H34N4O4/c1-4-15(5-2)18(27)24-11-7-8-16(14-24)25-19(28)21(22-20(25)29)9-12-23(13-10-21)17(26)6-3/h15-16H,4-14H2,1-3H3,(H,22,29)/t16-/m0/s1. The molecule has 1 N–H and O–H groups in total. The molecule has 3 rings (SSSR count). The van der Waals surface area contributed by atoms with Crippen LogP contribution in [-0.4, -0.2) is 76.2 Å². The minimum absolute atomic E-state index is 0.00336. The molecular formula is C21H34N4O4. The minimum atomic E-state index is -0.900. The van der Waals surface area contributed by atoms with Gasteiger partial charge in [0.1, 0.15) is 5.54 Å². The fraction of sp³-hybridized carbons (Fsp3) is 0.810. The van der Waals surface area contributed by atoms with Crippen molar-refractivity contribution in [3.8, 4) is 0 Å². The van der Waals surface area contributed by atoms with Gasteiger partial charge in [0, 0.05) is 38.5 Å². The van der Waals surface area contributed by atoms with Crippen LogP contribution < -0.4 is 5.32 Å². The van der Waals surface area contributed by atoms with Crippen LogP contribution in [0.2, 0.25) is 0 Å². The fourth-order valence-electron chi connectivity index (χ4n) is 4.93. The van der Waals surface area contributed by atoms with Gasteiger partial charge in [-0.3, -0.25) is 19.3 Å². The molecule has 5 amide bonds. The van der Waals surface area contributed by atoms with Crippen LogP contribution in [0, 0.1) is 5.92 Å². The summed E-state index contributed by atoms with van der Waals surface area (Å²) in [7, 11) is 0. The zero-order chi connectivity index (χ0) is 21.2. The number of hydrogen-bond donors (Lipinski definition) is 1. The predicted molar refractivity (Wildman–Crippen MR) is 108 cm³/mol. The number of amides is 5. The van der Waals surface area contributed by atoms with Crippen molar-refractivity contribution in [1.82, 2.24) is 20.0 Å². The maximum Gasteiger partial charge on any atom is 0.325 e. The lowest BCUT2D eigenvalue weighted by Crippen LogP contribution is -2.57. The van der Waals surface area contributed by atoms with Crippen LogP contribution in [0.1, 0.15) is 65.7 Å². The number of imide groups is 1. The summed E-state index contributed by atoms with van der Waals surface area (Å²) < 4.78 is 0. The van der Waals surface area contributed by atoms with Crippen molar-refractivity contribution in [2.75, 3.05) is 26.2 Å². The number of nitrogens with zero attached hydrogens (tertiary/aromatic N) is 3. The molecule has 0 bridgehead atoms. The summed E-state index contributed by atoms with van der Waals surface area (Å²) in [6.07, 6.45) is 4.46. The SMILES string of the molecule is CCC(=O)N1CCC2(CC1)NC(=O)N([C@H]1CCCN(C(=O)C(CC)CC)C1)C2=O.